The first-order valence-electron chi connectivity index (χ1n) is 6.82. The van der Waals surface area contributed by atoms with Gasteiger partial charge in [0, 0.05) is 13.1 Å². The van der Waals surface area contributed by atoms with E-state index in [0.29, 0.717) is 18.8 Å². The van der Waals surface area contributed by atoms with Crippen molar-refractivity contribution in [3.63, 3.8) is 0 Å². The Morgan fingerprint density at radius 2 is 2.05 bits per heavy atom. The number of para-hydroxylation sites is 2. The highest BCUT2D eigenvalue weighted by atomic mass is 16.3. The lowest BCUT2D eigenvalue weighted by Crippen LogP contribution is -2.39. The highest BCUT2D eigenvalue weighted by Crippen LogP contribution is 2.09. The molecule has 1 aromatic heterocycles. The summed E-state index contributed by atoms with van der Waals surface area (Å²) in [4.78, 5) is 21.3. The maximum Gasteiger partial charge on any atom is 0.271 e. The smallest absolute Gasteiger partial charge is 0.271 e. The van der Waals surface area contributed by atoms with Crippen LogP contribution in [0.15, 0.2) is 29.1 Å². The van der Waals surface area contributed by atoms with Gasteiger partial charge in [-0.05, 0) is 32.5 Å². The van der Waals surface area contributed by atoms with Crippen molar-refractivity contribution in [3.8, 4) is 0 Å². The Hall–Kier alpha value is -1.72. The number of H-pyrrole nitrogens is 1. The van der Waals surface area contributed by atoms with E-state index in [1.54, 1.807) is 13.8 Å². The van der Waals surface area contributed by atoms with Gasteiger partial charge < -0.3 is 10.1 Å². The molecule has 1 heterocycles. The maximum atomic E-state index is 12.0. The molecule has 0 unspecified atom stereocenters. The van der Waals surface area contributed by atoms with Crippen molar-refractivity contribution in [1.82, 2.24) is 14.9 Å². The third-order valence-electron chi connectivity index (χ3n) is 3.10. The van der Waals surface area contributed by atoms with Crippen LogP contribution in [0.3, 0.4) is 0 Å². The Labute approximate surface area is 118 Å². The molecule has 0 aliphatic carbocycles. The number of hydrogen-bond acceptors (Lipinski definition) is 4. The van der Waals surface area contributed by atoms with Gasteiger partial charge in [0.15, 0.2) is 0 Å². The van der Waals surface area contributed by atoms with E-state index in [2.05, 4.69) is 9.97 Å². The van der Waals surface area contributed by atoms with Gasteiger partial charge in [0.1, 0.15) is 5.69 Å². The SMILES string of the molecule is CCN(Cc1nc2ccccc2[nH]c1=O)CC(C)(C)O. The monoisotopic (exact) mass is 275 g/mol. The number of rotatable bonds is 5. The average molecular weight is 275 g/mol. The van der Waals surface area contributed by atoms with E-state index in [-0.39, 0.29) is 5.56 Å². The molecular weight excluding hydrogens is 254 g/mol. The molecule has 0 radical (unpaired) electrons. The van der Waals surface area contributed by atoms with E-state index in [1.165, 1.54) is 0 Å². The van der Waals surface area contributed by atoms with Crippen LogP contribution >= 0.6 is 0 Å². The van der Waals surface area contributed by atoms with Crippen LogP contribution in [0.4, 0.5) is 0 Å². The fourth-order valence-corrected chi connectivity index (χ4v) is 2.21. The summed E-state index contributed by atoms with van der Waals surface area (Å²) in [5.74, 6) is 0. The van der Waals surface area contributed by atoms with E-state index >= 15 is 0 Å². The van der Waals surface area contributed by atoms with Gasteiger partial charge in [-0.1, -0.05) is 19.1 Å². The molecule has 0 fully saturated rings. The molecule has 0 bridgehead atoms. The molecule has 0 aliphatic heterocycles. The zero-order valence-corrected chi connectivity index (χ0v) is 12.2. The van der Waals surface area contributed by atoms with E-state index in [1.807, 2.05) is 36.1 Å². The summed E-state index contributed by atoms with van der Waals surface area (Å²) < 4.78 is 0. The molecule has 0 spiro atoms. The molecule has 2 N–H and O–H groups in total. The second-order valence-corrected chi connectivity index (χ2v) is 5.65. The van der Waals surface area contributed by atoms with E-state index in [4.69, 9.17) is 0 Å². The summed E-state index contributed by atoms with van der Waals surface area (Å²) >= 11 is 0. The lowest BCUT2D eigenvalue weighted by Gasteiger charge is -2.27. The second-order valence-electron chi connectivity index (χ2n) is 5.65. The Morgan fingerprint density at radius 3 is 2.70 bits per heavy atom. The van der Waals surface area contributed by atoms with Crippen molar-refractivity contribution in [2.45, 2.75) is 32.9 Å². The van der Waals surface area contributed by atoms with Crippen molar-refractivity contribution >= 4 is 11.0 Å². The van der Waals surface area contributed by atoms with Gasteiger partial charge in [-0.3, -0.25) is 9.69 Å². The molecule has 1 aromatic carbocycles. The largest absolute Gasteiger partial charge is 0.389 e. The number of nitrogens with one attached hydrogen (secondary N) is 1. The summed E-state index contributed by atoms with van der Waals surface area (Å²) in [7, 11) is 0. The molecule has 0 saturated carbocycles. The molecule has 108 valence electrons. The molecule has 2 rings (SSSR count). The molecule has 0 amide bonds. The van der Waals surface area contributed by atoms with Crippen molar-refractivity contribution in [2.75, 3.05) is 13.1 Å². The predicted octanol–water partition coefficient (Wildman–Crippen LogP) is 1.52. The van der Waals surface area contributed by atoms with Crippen molar-refractivity contribution in [2.24, 2.45) is 0 Å². The zero-order valence-electron chi connectivity index (χ0n) is 12.2. The van der Waals surface area contributed by atoms with Gasteiger partial charge in [-0.25, -0.2) is 4.98 Å². The summed E-state index contributed by atoms with van der Waals surface area (Å²) in [6, 6.07) is 7.47. The topological polar surface area (TPSA) is 69.2 Å². The first-order chi connectivity index (χ1) is 9.39. The van der Waals surface area contributed by atoms with Gasteiger partial charge in [0.2, 0.25) is 0 Å². The first-order valence-corrected chi connectivity index (χ1v) is 6.82. The van der Waals surface area contributed by atoms with Crippen LogP contribution in [0.25, 0.3) is 11.0 Å². The number of aromatic amines is 1. The molecule has 0 aliphatic rings. The summed E-state index contributed by atoms with van der Waals surface area (Å²) in [6.07, 6.45) is 0. The van der Waals surface area contributed by atoms with Crippen LogP contribution in [-0.2, 0) is 6.54 Å². The standard InChI is InChI=1S/C15H21N3O2/c1-4-18(10-15(2,3)20)9-13-14(19)17-12-8-6-5-7-11(12)16-13/h5-8,20H,4,9-10H2,1-3H3,(H,17,19). The van der Waals surface area contributed by atoms with Crippen molar-refractivity contribution < 1.29 is 5.11 Å². The average Bonchev–Trinajstić information content (AvgIpc) is 2.37. The number of fused-ring (bicyclic) bond motifs is 1. The lowest BCUT2D eigenvalue weighted by molar-refractivity contribution is 0.0348. The van der Waals surface area contributed by atoms with Gasteiger partial charge in [0.25, 0.3) is 5.56 Å². The fraction of sp³-hybridized carbons (Fsp3) is 0.467. The minimum absolute atomic E-state index is 0.169. The summed E-state index contributed by atoms with van der Waals surface area (Å²) in [6.45, 7) is 7.19. The fourth-order valence-electron chi connectivity index (χ4n) is 2.21. The molecule has 0 saturated heterocycles. The third-order valence-corrected chi connectivity index (χ3v) is 3.10. The number of nitrogens with zero attached hydrogens (tertiary/aromatic N) is 2. The van der Waals surface area contributed by atoms with Crippen molar-refractivity contribution in [1.29, 1.82) is 0 Å². The molecule has 20 heavy (non-hydrogen) atoms. The van der Waals surface area contributed by atoms with E-state index in [9.17, 15) is 9.90 Å². The summed E-state index contributed by atoms with van der Waals surface area (Å²) in [5.41, 5.74) is 1.04. The Kier molecular flexibility index (Phi) is 4.20. The minimum Gasteiger partial charge on any atom is -0.389 e. The minimum atomic E-state index is -0.792. The van der Waals surface area contributed by atoms with Crippen LogP contribution in [0.2, 0.25) is 0 Å². The first kappa shape index (κ1) is 14.7. The van der Waals surface area contributed by atoms with Crippen molar-refractivity contribution in [3.05, 3.63) is 40.3 Å². The van der Waals surface area contributed by atoms with Crippen LogP contribution in [0, 0.1) is 0 Å². The number of likely N-dealkylation sites (N-methyl/N-ethyl adjacent to an activating group) is 1. The second kappa shape index (κ2) is 5.73. The highest BCUT2D eigenvalue weighted by Gasteiger charge is 2.18. The molecule has 0 atom stereocenters. The molecular formula is C15H21N3O2. The normalized spacial score (nSPS) is 12.2. The van der Waals surface area contributed by atoms with Crippen LogP contribution in [-0.4, -0.2) is 38.7 Å². The number of hydrogen-bond donors (Lipinski definition) is 2. The van der Waals surface area contributed by atoms with Gasteiger partial charge in [-0.2, -0.15) is 0 Å². The van der Waals surface area contributed by atoms with Crippen LogP contribution in [0.5, 0.6) is 0 Å². The number of benzene rings is 1. The number of aromatic nitrogens is 2. The highest BCUT2D eigenvalue weighted by molar-refractivity contribution is 5.73. The van der Waals surface area contributed by atoms with E-state index in [0.717, 1.165) is 17.6 Å². The maximum absolute atomic E-state index is 12.0. The number of aliphatic hydroxyl groups is 1. The molecule has 5 nitrogen and oxygen atoms in total. The van der Waals surface area contributed by atoms with Crippen LogP contribution in [0.1, 0.15) is 26.5 Å². The van der Waals surface area contributed by atoms with Gasteiger partial charge >= 0.3 is 0 Å². The zero-order chi connectivity index (χ0) is 14.8. The molecule has 5 heteroatoms. The van der Waals surface area contributed by atoms with Gasteiger partial charge in [0.05, 0.1) is 16.6 Å². The third kappa shape index (κ3) is 3.65. The van der Waals surface area contributed by atoms with E-state index < -0.39 is 5.60 Å². The Bertz CT molecular complexity index is 643. The Balaban J connectivity index is 2.28. The lowest BCUT2D eigenvalue weighted by atomic mass is 10.1. The quantitative estimate of drug-likeness (QED) is 0.868. The summed E-state index contributed by atoms with van der Waals surface area (Å²) in [5, 5.41) is 9.89. The Morgan fingerprint density at radius 1 is 1.35 bits per heavy atom. The predicted molar refractivity (Wildman–Crippen MR) is 79.6 cm³/mol. The molecule has 2 aromatic rings. The van der Waals surface area contributed by atoms with Crippen LogP contribution < -0.4 is 5.56 Å². The van der Waals surface area contributed by atoms with Gasteiger partial charge in [-0.15, -0.1) is 0 Å².